The highest BCUT2D eigenvalue weighted by atomic mass is 16.5. The molecule has 1 aromatic rings. The van der Waals surface area contributed by atoms with Crippen molar-refractivity contribution in [3.05, 3.63) is 11.9 Å². The van der Waals surface area contributed by atoms with Crippen molar-refractivity contribution in [1.29, 1.82) is 0 Å². The van der Waals surface area contributed by atoms with Gasteiger partial charge in [0.1, 0.15) is 6.54 Å². The maximum absolute atomic E-state index is 11.8. The molecule has 0 spiro atoms. The number of hydrogen-bond acceptors (Lipinski definition) is 5. The van der Waals surface area contributed by atoms with Gasteiger partial charge in [0.25, 0.3) is 0 Å². The molecule has 1 rings (SSSR count). The molecule has 1 atom stereocenters. The molecule has 3 N–H and O–H groups in total. The number of carbonyl (C=O) groups is 2. The molecule has 7 heteroatoms. The monoisotopic (exact) mass is 282 g/mol. The first kappa shape index (κ1) is 16.0. The van der Waals surface area contributed by atoms with Gasteiger partial charge in [-0.05, 0) is 19.8 Å². The Morgan fingerprint density at radius 3 is 2.65 bits per heavy atom. The number of rotatable bonds is 6. The number of amides is 1. The summed E-state index contributed by atoms with van der Waals surface area (Å²) in [5, 5.41) is 6.83. The van der Waals surface area contributed by atoms with Crippen LogP contribution in [-0.4, -0.2) is 34.3 Å². The second-order valence-corrected chi connectivity index (χ2v) is 4.95. The zero-order chi connectivity index (χ0) is 15.3. The van der Waals surface area contributed by atoms with E-state index in [1.165, 1.54) is 10.9 Å². The summed E-state index contributed by atoms with van der Waals surface area (Å²) >= 11 is 0. The molecule has 0 fully saturated rings. The van der Waals surface area contributed by atoms with Crippen LogP contribution in [0.3, 0.4) is 0 Å². The lowest BCUT2D eigenvalue weighted by molar-refractivity contribution is -0.122. The van der Waals surface area contributed by atoms with Gasteiger partial charge in [-0.3, -0.25) is 9.48 Å². The van der Waals surface area contributed by atoms with Gasteiger partial charge < -0.3 is 15.8 Å². The van der Waals surface area contributed by atoms with Gasteiger partial charge in [0, 0.05) is 12.2 Å². The van der Waals surface area contributed by atoms with Crippen LogP contribution in [0.15, 0.2) is 6.20 Å². The van der Waals surface area contributed by atoms with Gasteiger partial charge in [-0.25, -0.2) is 4.79 Å². The van der Waals surface area contributed by atoms with Gasteiger partial charge in [-0.1, -0.05) is 13.8 Å². The fourth-order valence-electron chi connectivity index (χ4n) is 1.49. The number of nitrogens with one attached hydrogen (secondary N) is 1. The van der Waals surface area contributed by atoms with E-state index < -0.39 is 5.97 Å². The Bertz CT molecular complexity index is 482. The van der Waals surface area contributed by atoms with Gasteiger partial charge in [-0.15, -0.1) is 0 Å². The zero-order valence-electron chi connectivity index (χ0n) is 12.3. The smallest absolute Gasteiger partial charge is 0.361 e. The maximum Gasteiger partial charge on any atom is 0.361 e. The van der Waals surface area contributed by atoms with Crippen molar-refractivity contribution in [1.82, 2.24) is 15.1 Å². The summed E-state index contributed by atoms with van der Waals surface area (Å²) in [5.74, 6) is -0.416. The maximum atomic E-state index is 11.8. The van der Waals surface area contributed by atoms with E-state index in [9.17, 15) is 9.59 Å². The SMILES string of the molecule is CCOC(=O)c1nn(CC(=O)NC(C)C(C)C)cc1N. The largest absolute Gasteiger partial charge is 0.461 e. The molecule has 0 radical (unpaired) electrons. The molecule has 20 heavy (non-hydrogen) atoms. The quantitative estimate of drug-likeness (QED) is 0.752. The Hall–Kier alpha value is -2.05. The van der Waals surface area contributed by atoms with E-state index in [2.05, 4.69) is 10.4 Å². The van der Waals surface area contributed by atoms with E-state index in [-0.39, 0.29) is 36.5 Å². The average molecular weight is 282 g/mol. The third-order valence-corrected chi connectivity index (χ3v) is 2.95. The summed E-state index contributed by atoms with van der Waals surface area (Å²) in [4.78, 5) is 23.4. The first-order chi connectivity index (χ1) is 9.35. The summed E-state index contributed by atoms with van der Waals surface area (Å²) < 4.78 is 6.17. The summed E-state index contributed by atoms with van der Waals surface area (Å²) in [7, 11) is 0. The molecule has 0 saturated heterocycles. The zero-order valence-corrected chi connectivity index (χ0v) is 12.3. The number of nitrogens with two attached hydrogens (primary N) is 1. The molecule has 7 nitrogen and oxygen atoms in total. The van der Waals surface area contributed by atoms with Gasteiger partial charge in [0.15, 0.2) is 5.69 Å². The number of hydrogen-bond donors (Lipinski definition) is 2. The second kappa shape index (κ2) is 6.93. The van der Waals surface area contributed by atoms with Crippen molar-refractivity contribution in [2.75, 3.05) is 12.3 Å². The predicted molar refractivity (Wildman–Crippen MR) is 75.0 cm³/mol. The molecule has 112 valence electrons. The molecule has 0 saturated carbocycles. The van der Waals surface area contributed by atoms with E-state index in [0.717, 1.165) is 0 Å². The molecule has 0 bridgehead atoms. The summed E-state index contributed by atoms with van der Waals surface area (Å²) in [6.07, 6.45) is 1.45. The summed E-state index contributed by atoms with van der Waals surface area (Å²) in [6.45, 7) is 7.94. The standard InChI is InChI=1S/C13H22N4O3/c1-5-20-13(19)12-10(14)6-17(16-12)7-11(18)15-9(4)8(2)3/h6,8-9H,5,7,14H2,1-4H3,(H,15,18). The minimum Gasteiger partial charge on any atom is -0.461 e. The van der Waals surface area contributed by atoms with Gasteiger partial charge in [-0.2, -0.15) is 5.10 Å². The van der Waals surface area contributed by atoms with Crippen molar-refractivity contribution < 1.29 is 14.3 Å². The highest BCUT2D eigenvalue weighted by Crippen LogP contribution is 2.10. The second-order valence-electron chi connectivity index (χ2n) is 4.95. The Kier molecular flexibility index (Phi) is 5.54. The van der Waals surface area contributed by atoms with Crippen LogP contribution in [0.4, 0.5) is 5.69 Å². The molecule has 0 aliphatic heterocycles. The van der Waals surface area contributed by atoms with Crippen molar-refractivity contribution >= 4 is 17.6 Å². The minimum absolute atomic E-state index is 0.0145. The van der Waals surface area contributed by atoms with Crippen LogP contribution in [0.1, 0.15) is 38.2 Å². The topological polar surface area (TPSA) is 99.2 Å². The van der Waals surface area contributed by atoms with E-state index in [0.29, 0.717) is 5.92 Å². The minimum atomic E-state index is -0.584. The lowest BCUT2D eigenvalue weighted by atomic mass is 10.1. The van der Waals surface area contributed by atoms with Crippen LogP contribution >= 0.6 is 0 Å². The lowest BCUT2D eigenvalue weighted by Crippen LogP contribution is -2.38. The van der Waals surface area contributed by atoms with Gasteiger partial charge in [0.2, 0.25) is 5.91 Å². The van der Waals surface area contributed by atoms with Crippen LogP contribution in [0.5, 0.6) is 0 Å². The molecule has 1 unspecified atom stereocenters. The number of nitrogens with zero attached hydrogens (tertiary/aromatic N) is 2. The normalized spacial score (nSPS) is 12.2. The Morgan fingerprint density at radius 2 is 2.10 bits per heavy atom. The molecule has 1 amide bonds. The van der Waals surface area contributed by atoms with Crippen LogP contribution in [0.2, 0.25) is 0 Å². The number of ether oxygens (including phenoxy) is 1. The number of esters is 1. The Labute approximate surface area is 118 Å². The van der Waals surface area contributed by atoms with Crippen LogP contribution in [0, 0.1) is 5.92 Å². The third kappa shape index (κ3) is 4.25. The fraction of sp³-hybridized carbons (Fsp3) is 0.615. The first-order valence-electron chi connectivity index (χ1n) is 6.64. The lowest BCUT2D eigenvalue weighted by Gasteiger charge is -2.17. The molecule has 0 aliphatic carbocycles. The summed E-state index contributed by atoms with van der Waals surface area (Å²) in [5.41, 5.74) is 5.92. The molecule has 1 heterocycles. The highest BCUT2D eigenvalue weighted by Gasteiger charge is 2.17. The number of aromatic nitrogens is 2. The van der Waals surface area contributed by atoms with Gasteiger partial charge >= 0.3 is 5.97 Å². The van der Waals surface area contributed by atoms with Crippen molar-refractivity contribution in [2.24, 2.45) is 5.92 Å². The van der Waals surface area contributed by atoms with Crippen LogP contribution in [-0.2, 0) is 16.1 Å². The van der Waals surface area contributed by atoms with Crippen molar-refractivity contribution in [3.8, 4) is 0 Å². The van der Waals surface area contributed by atoms with Crippen LogP contribution in [0.25, 0.3) is 0 Å². The van der Waals surface area contributed by atoms with Crippen molar-refractivity contribution in [2.45, 2.75) is 40.3 Å². The van der Waals surface area contributed by atoms with Gasteiger partial charge in [0.05, 0.1) is 12.3 Å². The summed E-state index contributed by atoms with van der Waals surface area (Å²) in [6, 6.07) is 0.0694. The van der Waals surface area contributed by atoms with E-state index >= 15 is 0 Å². The van der Waals surface area contributed by atoms with E-state index in [4.69, 9.17) is 10.5 Å². The molecule has 1 aromatic heterocycles. The first-order valence-corrected chi connectivity index (χ1v) is 6.64. The molecule has 0 aromatic carbocycles. The van der Waals surface area contributed by atoms with E-state index in [1.54, 1.807) is 6.92 Å². The predicted octanol–water partition coefficient (Wildman–Crippen LogP) is 0.803. The Morgan fingerprint density at radius 1 is 1.45 bits per heavy atom. The number of anilines is 1. The number of nitrogen functional groups attached to an aromatic ring is 1. The third-order valence-electron chi connectivity index (χ3n) is 2.95. The molecule has 0 aliphatic rings. The average Bonchev–Trinajstić information content (AvgIpc) is 2.70. The highest BCUT2D eigenvalue weighted by molar-refractivity contribution is 5.92. The fourth-order valence-corrected chi connectivity index (χ4v) is 1.49. The molecular weight excluding hydrogens is 260 g/mol. The van der Waals surface area contributed by atoms with Crippen molar-refractivity contribution in [3.63, 3.8) is 0 Å². The van der Waals surface area contributed by atoms with E-state index in [1.807, 2.05) is 20.8 Å². The van der Waals surface area contributed by atoms with Crippen LogP contribution < -0.4 is 11.1 Å². The molecular formula is C13H22N4O3. The Balaban J connectivity index is 2.67. The number of carbonyl (C=O) groups excluding carboxylic acids is 2.